The topological polar surface area (TPSA) is 113 Å². The summed E-state index contributed by atoms with van der Waals surface area (Å²) in [5.74, 6) is 0.391. The van der Waals surface area contributed by atoms with Crippen LogP contribution in [0, 0.1) is 10.1 Å². The van der Waals surface area contributed by atoms with E-state index in [-0.39, 0.29) is 18.9 Å². The number of oxazole rings is 1. The maximum atomic E-state index is 10.7. The Hall–Kier alpha value is -2.03. The fourth-order valence-electron chi connectivity index (χ4n) is 1.89. The lowest BCUT2D eigenvalue weighted by molar-refractivity contribution is -0.384. The number of nitro groups is 1. The van der Waals surface area contributed by atoms with Crippen LogP contribution in [0.15, 0.2) is 22.6 Å². The van der Waals surface area contributed by atoms with Gasteiger partial charge in [0.25, 0.3) is 5.69 Å². The molecule has 0 aliphatic heterocycles. The van der Waals surface area contributed by atoms with E-state index in [1.54, 1.807) is 4.90 Å². The number of rotatable bonds is 7. The van der Waals surface area contributed by atoms with Gasteiger partial charge in [-0.2, -0.15) is 0 Å². The highest BCUT2D eigenvalue weighted by Crippen LogP contribution is 2.21. The molecule has 0 atom stereocenters. The first-order valence-electron chi connectivity index (χ1n) is 6.12. The van der Waals surface area contributed by atoms with Crippen LogP contribution < -0.4 is 0 Å². The molecule has 2 rings (SSSR count). The number of benzene rings is 1. The van der Waals surface area contributed by atoms with Gasteiger partial charge in [0.2, 0.25) is 5.89 Å². The zero-order valence-electron chi connectivity index (χ0n) is 10.7. The Balaban J connectivity index is 2.20. The first kappa shape index (κ1) is 14.4. The van der Waals surface area contributed by atoms with Crippen LogP contribution in [0.3, 0.4) is 0 Å². The number of nitrogens with zero attached hydrogens (tertiary/aromatic N) is 3. The molecule has 0 spiro atoms. The molecule has 0 saturated heterocycles. The number of aliphatic hydroxyl groups excluding tert-OH is 2. The lowest BCUT2D eigenvalue weighted by Gasteiger charge is -2.17. The number of nitro benzene ring substituents is 1. The monoisotopic (exact) mass is 281 g/mol. The molecule has 0 unspecified atom stereocenters. The van der Waals surface area contributed by atoms with Gasteiger partial charge < -0.3 is 14.6 Å². The third-order valence-electron chi connectivity index (χ3n) is 2.82. The summed E-state index contributed by atoms with van der Waals surface area (Å²) in [5.41, 5.74) is 0.848. The van der Waals surface area contributed by atoms with Gasteiger partial charge in [0.1, 0.15) is 5.52 Å². The average molecular weight is 281 g/mol. The quantitative estimate of drug-likeness (QED) is 0.562. The molecule has 8 heteroatoms. The lowest BCUT2D eigenvalue weighted by Crippen LogP contribution is -2.29. The van der Waals surface area contributed by atoms with Crippen LogP contribution in [0.2, 0.25) is 0 Å². The van der Waals surface area contributed by atoms with Crippen molar-refractivity contribution in [3.63, 3.8) is 0 Å². The van der Waals surface area contributed by atoms with E-state index in [0.717, 1.165) is 0 Å². The van der Waals surface area contributed by atoms with Crippen LogP contribution in [-0.2, 0) is 6.54 Å². The van der Waals surface area contributed by atoms with Crippen LogP contribution in [0.25, 0.3) is 11.1 Å². The smallest absolute Gasteiger partial charge is 0.271 e. The molecule has 0 aliphatic carbocycles. The summed E-state index contributed by atoms with van der Waals surface area (Å²) in [6.07, 6.45) is 0. The van der Waals surface area contributed by atoms with E-state index in [0.29, 0.717) is 36.6 Å². The predicted molar refractivity (Wildman–Crippen MR) is 70.1 cm³/mol. The molecule has 1 aromatic heterocycles. The molecule has 0 bridgehead atoms. The molecule has 0 saturated carbocycles. The van der Waals surface area contributed by atoms with Crippen molar-refractivity contribution in [3.05, 3.63) is 34.2 Å². The van der Waals surface area contributed by atoms with Crippen LogP contribution in [0.4, 0.5) is 5.69 Å². The summed E-state index contributed by atoms with van der Waals surface area (Å²) in [6, 6.07) is 4.22. The molecule has 2 aromatic rings. The molecule has 0 aliphatic rings. The number of hydrogen-bond donors (Lipinski definition) is 2. The van der Waals surface area contributed by atoms with Crippen LogP contribution in [0.1, 0.15) is 5.89 Å². The molecular weight excluding hydrogens is 266 g/mol. The zero-order valence-corrected chi connectivity index (χ0v) is 10.7. The Bertz CT molecular complexity index is 592. The Kier molecular flexibility index (Phi) is 4.61. The maximum Gasteiger partial charge on any atom is 0.271 e. The highest BCUT2D eigenvalue weighted by Gasteiger charge is 2.14. The third-order valence-corrected chi connectivity index (χ3v) is 2.82. The molecule has 0 amide bonds. The fraction of sp³-hybridized carbons (Fsp3) is 0.417. The van der Waals surface area contributed by atoms with E-state index in [9.17, 15) is 10.1 Å². The molecule has 20 heavy (non-hydrogen) atoms. The second-order valence-electron chi connectivity index (χ2n) is 4.24. The predicted octanol–water partition coefficient (Wildman–Crippen LogP) is 0.523. The zero-order chi connectivity index (χ0) is 14.5. The summed E-state index contributed by atoms with van der Waals surface area (Å²) in [5, 5.41) is 28.5. The van der Waals surface area contributed by atoms with Crippen molar-refractivity contribution in [2.75, 3.05) is 26.3 Å². The summed E-state index contributed by atoms with van der Waals surface area (Å²) in [7, 11) is 0. The Morgan fingerprint density at radius 2 is 2.00 bits per heavy atom. The normalized spacial score (nSPS) is 11.3. The van der Waals surface area contributed by atoms with E-state index in [1.165, 1.54) is 18.2 Å². The molecule has 108 valence electrons. The van der Waals surface area contributed by atoms with Gasteiger partial charge in [-0.3, -0.25) is 15.0 Å². The minimum Gasteiger partial charge on any atom is -0.439 e. The third kappa shape index (κ3) is 3.29. The molecule has 0 radical (unpaired) electrons. The van der Waals surface area contributed by atoms with Gasteiger partial charge in [0, 0.05) is 25.2 Å². The van der Waals surface area contributed by atoms with Crippen LogP contribution >= 0.6 is 0 Å². The number of aliphatic hydroxyl groups is 2. The summed E-state index contributed by atoms with van der Waals surface area (Å²) in [4.78, 5) is 16.2. The molecule has 2 N–H and O–H groups in total. The van der Waals surface area contributed by atoms with E-state index >= 15 is 0 Å². The summed E-state index contributed by atoms with van der Waals surface area (Å²) in [6.45, 7) is 1.03. The van der Waals surface area contributed by atoms with Gasteiger partial charge in [-0.25, -0.2) is 4.98 Å². The van der Waals surface area contributed by atoms with Crippen molar-refractivity contribution in [2.45, 2.75) is 6.54 Å². The Morgan fingerprint density at radius 3 is 2.60 bits per heavy atom. The summed E-state index contributed by atoms with van der Waals surface area (Å²) < 4.78 is 5.49. The highest BCUT2D eigenvalue weighted by atomic mass is 16.6. The standard InChI is InChI=1S/C12H15N3O5/c16-5-3-14(4-6-17)8-12-13-10-7-9(15(18)19)1-2-11(10)20-12/h1-2,7,16-17H,3-6,8H2. The van der Waals surface area contributed by atoms with E-state index < -0.39 is 4.92 Å². The largest absolute Gasteiger partial charge is 0.439 e. The van der Waals surface area contributed by atoms with Crippen molar-refractivity contribution in [1.82, 2.24) is 9.88 Å². The van der Waals surface area contributed by atoms with E-state index in [2.05, 4.69) is 4.98 Å². The van der Waals surface area contributed by atoms with Gasteiger partial charge >= 0.3 is 0 Å². The van der Waals surface area contributed by atoms with Crippen molar-refractivity contribution in [2.24, 2.45) is 0 Å². The minimum atomic E-state index is -0.488. The van der Waals surface area contributed by atoms with Crippen molar-refractivity contribution in [3.8, 4) is 0 Å². The number of aromatic nitrogens is 1. The summed E-state index contributed by atoms with van der Waals surface area (Å²) >= 11 is 0. The van der Waals surface area contributed by atoms with E-state index in [4.69, 9.17) is 14.6 Å². The van der Waals surface area contributed by atoms with Gasteiger partial charge in [-0.05, 0) is 6.07 Å². The van der Waals surface area contributed by atoms with Crippen LogP contribution in [-0.4, -0.2) is 51.3 Å². The van der Waals surface area contributed by atoms with Crippen LogP contribution in [0.5, 0.6) is 0 Å². The first-order chi connectivity index (χ1) is 9.63. The molecular formula is C12H15N3O5. The average Bonchev–Trinajstić information content (AvgIpc) is 2.80. The highest BCUT2D eigenvalue weighted by molar-refractivity contribution is 5.75. The second kappa shape index (κ2) is 6.42. The number of non-ortho nitro benzene ring substituents is 1. The second-order valence-corrected chi connectivity index (χ2v) is 4.24. The van der Waals surface area contributed by atoms with Crippen molar-refractivity contribution < 1.29 is 19.6 Å². The Labute approximate surface area is 114 Å². The number of fused-ring (bicyclic) bond motifs is 1. The van der Waals surface area contributed by atoms with Gasteiger partial charge in [0.15, 0.2) is 5.58 Å². The molecule has 1 aromatic carbocycles. The van der Waals surface area contributed by atoms with Gasteiger partial charge in [-0.15, -0.1) is 0 Å². The van der Waals surface area contributed by atoms with Crippen molar-refractivity contribution in [1.29, 1.82) is 0 Å². The molecule has 0 fully saturated rings. The lowest BCUT2D eigenvalue weighted by atomic mass is 10.3. The van der Waals surface area contributed by atoms with E-state index in [1.807, 2.05) is 0 Å². The maximum absolute atomic E-state index is 10.7. The Morgan fingerprint density at radius 1 is 1.30 bits per heavy atom. The minimum absolute atomic E-state index is 0.0360. The SMILES string of the molecule is O=[N+]([O-])c1ccc2oc(CN(CCO)CCO)nc2c1. The van der Waals surface area contributed by atoms with Crippen molar-refractivity contribution >= 4 is 16.8 Å². The fourth-order valence-corrected chi connectivity index (χ4v) is 1.89. The molecule has 8 nitrogen and oxygen atoms in total. The van der Waals surface area contributed by atoms with Gasteiger partial charge in [-0.1, -0.05) is 0 Å². The number of hydrogen-bond acceptors (Lipinski definition) is 7. The molecule has 1 heterocycles. The first-order valence-corrected chi connectivity index (χ1v) is 6.12. The van der Waals surface area contributed by atoms with Gasteiger partial charge in [0.05, 0.1) is 24.7 Å².